The minimum Gasteiger partial charge on any atom is -0.543 e. The number of aliphatic hydroxyl groups excluding tert-OH is 1. The van der Waals surface area contributed by atoms with Crippen LogP contribution in [0.1, 0.15) is 13.3 Å². The Balaban J connectivity index is 1.68. The van der Waals surface area contributed by atoms with E-state index in [0.29, 0.717) is 5.75 Å². The van der Waals surface area contributed by atoms with Crippen molar-refractivity contribution in [2.24, 2.45) is 5.92 Å². The largest absolute Gasteiger partial charge is 0.543 e. The lowest BCUT2D eigenvalue weighted by Gasteiger charge is -2.45. The van der Waals surface area contributed by atoms with Gasteiger partial charge in [0, 0.05) is 12.1 Å². The molecule has 1 saturated heterocycles. The number of nitrogens with zero attached hydrogens (tertiary/aromatic N) is 1. The number of aliphatic carboxylic acids is 1. The van der Waals surface area contributed by atoms with Gasteiger partial charge in [-0.3, -0.25) is 9.59 Å². The van der Waals surface area contributed by atoms with Crippen molar-refractivity contribution in [1.82, 2.24) is 10.2 Å². The number of carbonyl (C=O) groups is 3. The molecule has 1 fully saturated rings. The highest BCUT2D eigenvalue weighted by atomic mass is 16.5. The second kappa shape index (κ2) is 6.56. The van der Waals surface area contributed by atoms with Crippen LogP contribution in [-0.4, -0.2) is 46.5 Å². The molecule has 1 aromatic rings. The average Bonchev–Trinajstić information content (AvgIpc) is 2.88. The molecule has 2 aliphatic heterocycles. The molecule has 0 bridgehead atoms. The molecule has 0 radical (unpaired) electrons. The van der Waals surface area contributed by atoms with Crippen LogP contribution in [0.3, 0.4) is 0 Å². The summed E-state index contributed by atoms with van der Waals surface area (Å²) in [5.41, 5.74) is -0.247. The third kappa shape index (κ3) is 3.08. The summed E-state index contributed by atoms with van der Waals surface area (Å²) < 4.78 is 5.31. The summed E-state index contributed by atoms with van der Waals surface area (Å²) >= 11 is 0. The van der Waals surface area contributed by atoms with Crippen molar-refractivity contribution in [2.75, 3.05) is 6.61 Å². The first-order valence-corrected chi connectivity index (χ1v) is 7.83. The summed E-state index contributed by atoms with van der Waals surface area (Å²) in [6.07, 6.45) is -0.755. The van der Waals surface area contributed by atoms with Crippen molar-refractivity contribution in [3.05, 3.63) is 41.7 Å². The third-order valence-corrected chi connectivity index (χ3v) is 4.33. The van der Waals surface area contributed by atoms with Gasteiger partial charge in [-0.05, 0) is 19.1 Å². The van der Waals surface area contributed by atoms with Crippen LogP contribution in [0.4, 0.5) is 0 Å². The van der Waals surface area contributed by atoms with Gasteiger partial charge in [0.25, 0.3) is 5.91 Å². The molecular weight excluding hydrogens is 328 g/mol. The molecule has 3 atom stereocenters. The van der Waals surface area contributed by atoms with E-state index in [9.17, 15) is 24.6 Å². The Bertz CT molecular complexity index is 743. The third-order valence-electron chi connectivity index (χ3n) is 4.33. The Labute approximate surface area is 143 Å². The number of β-lactam (4-membered cyclic amide) rings is 1. The Kier molecular flexibility index (Phi) is 4.45. The lowest BCUT2D eigenvalue weighted by atomic mass is 9.83. The maximum atomic E-state index is 12.0. The van der Waals surface area contributed by atoms with E-state index in [1.54, 1.807) is 24.3 Å². The molecule has 0 unspecified atom stereocenters. The zero-order chi connectivity index (χ0) is 18.1. The van der Waals surface area contributed by atoms with Crippen LogP contribution in [0.25, 0.3) is 0 Å². The van der Waals surface area contributed by atoms with Gasteiger partial charge in [-0.1, -0.05) is 18.2 Å². The highest BCUT2D eigenvalue weighted by molar-refractivity contribution is 5.99. The second-order valence-corrected chi connectivity index (χ2v) is 6.01. The highest BCUT2D eigenvalue weighted by Gasteiger charge is 2.55. The molecule has 2 N–H and O–H groups in total. The molecule has 1 aromatic carbocycles. The summed E-state index contributed by atoms with van der Waals surface area (Å²) in [5, 5.41) is 23.5. The number of carbonyl (C=O) groups excluding carboxylic acids is 3. The Hall–Kier alpha value is -2.87. The predicted octanol–water partition coefficient (Wildman–Crippen LogP) is -1.25. The van der Waals surface area contributed by atoms with E-state index >= 15 is 0 Å². The zero-order valence-electron chi connectivity index (χ0n) is 13.5. The number of hydrogen-bond donors (Lipinski definition) is 2. The Morgan fingerprint density at radius 2 is 2.08 bits per heavy atom. The summed E-state index contributed by atoms with van der Waals surface area (Å²) in [6, 6.07) is 8.22. The first kappa shape index (κ1) is 17.0. The Morgan fingerprint density at radius 3 is 2.68 bits per heavy atom. The van der Waals surface area contributed by atoms with Crippen molar-refractivity contribution in [3.63, 3.8) is 0 Å². The smallest absolute Gasteiger partial charge is 0.262 e. The number of para-hydroxylation sites is 1. The number of nitrogens with one attached hydrogen (secondary N) is 1. The summed E-state index contributed by atoms with van der Waals surface area (Å²) in [5.74, 6) is -2.74. The van der Waals surface area contributed by atoms with Gasteiger partial charge in [0.05, 0.1) is 29.7 Å². The number of carboxylic acid groups (broad SMARTS) is 1. The molecule has 2 heterocycles. The van der Waals surface area contributed by atoms with Gasteiger partial charge in [-0.2, -0.15) is 0 Å². The number of benzene rings is 1. The fourth-order valence-corrected chi connectivity index (χ4v) is 3.24. The number of aliphatic hydroxyl groups is 1. The van der Waals surface area contributed by atoms with Crippen molar-refractivity contribution >= 4 is 17.8 Å². The van der Waals surface area contributed by atoms with Crippen molar-refractivity contribution in [2.45, 2.75) is 25.5 Å². The standard InChI is InChI=1S/C17H18N2O6/c1-9(20)14-12-7-11(15(17(23)24)19(12)16(14)22)18-13(21)8-25-10-5-3-2-4-6-10/h2-6,9,12,14,20H,7-8H2,1H3,(H,18,21)(H,23,24)/p-1/t9-,12+,14-/m0/s1. The number of amides is 2. The fraction of sp³-hybridized carbons (Fsp3) is 0.353. The van der Waals surface area contributed by atoms with Gasteiger partial charge in [0.1, 0.15) is 5.75 Å². The van der Waals surface area contributed by atoms with E-state index in [-0.39, 0.29) is 24.4 Å². The van der Waals surface area contributed by atoms with E-state index in [2.05, 4.69) is 5.32 Å². The molecular formula is C17H17N2O6-. The van der Waals surface area contributed by atoms with E-state index in [1.165, 1.54) is 6.92 Å². The van der Waals surface area contributed by atoms with Gasteiger partial charge in [-0.25, -0.2) is 0 Å². The van der Waals surface area contributed by atoms with Gasteiger partial charge in [0.2, 0.25) is 5.91 Å². The van der Waals surface area contributed by atoms with E-state index < -0.39 is 35.8 Å². The van der Waals surface area contributed by atoms with E-state index in [1.807, 2.05) is 6.07 Å². The van der Waals surface area contributed by atoms with Crippen molar-refractivity contribution in [1.29, 1.82) is 0 Å². The molecule has 2 aliphatic rings. The topological polar surface area (TPSA) is 119 Å². The average molecular weight is 345 g/mol. The minimum absolute atomic E-state index is 0.100. The Morgan fingerprint density at radius 1 is 1.40 bits per heavy atom. The number of carboxylic acids is 1. The molecule has 132 valence electrons. The molecule has 25 heavy (non-hydrogen) atoms. The van der Waals surface area contributed by atoms with Crippen LogP contribution >= 0.6 is 0 Å². The summed E-state index contributed by atoms with van der Waals surface area (Å²) in [6.45, 7) is 1.18. The zero-order valence-corrected chi connectivity index (χ0v) is 13.5. The molecule has 0 aromatic heterocycles. The van der Waals surface area contributed by atoms with Crippen LogP contribution < -0.4 is 15.2 Å². The molecule has 2 amide bonds. The molecule has 3 rings (SSSR count). The first-order chi connectivity index (χ1) is 11.9. The van der Waals surface area contributed by atoms with Crippen LogP contribution in [0.5, 0.6) is 5.75 Å². The van der Waals surface area contributed by atoms with Gasteiger partial charge in [0.15, 0.2) is 6.61 Å². The molecule has 8 nitrogen and oxygen atoms in total. The lowest BCUT2D eigenvalue weighted by molar-refractivity contribution is -0.301. The highest BCUT2D eigenvalue weighted by Crippen LogP contribution is 2.42. The van der Waals surface area contributed by atoms with E-state index in [0.717, 1.165) is 4.90 Å². The van der Waals surface area contributed by atoms with Crippen LogP contribution in [0, 0.1) is 5.92 Å². The molecule has 8 heteroatoms. The molecule has 0 spiro atoms. The quantitative estimate of drug-likeness (QED) is 0.622. The van der Waals surface area contributed by atoms with Gasteiger partial charge < -0.3 is 30.0 Å². The molecule has 0 aliphatic carbocycles. The van der Waals surface area contributed by atoms with Crippen molar-refractivity contribution in [3.8, 4) is 5.75 Å². The number of fused-ring (bicyclic) bond motifs is 1. The van der Waals surface area contributed by atoms with Gasteiger partial charge >= 0.3 is 0 Å². The summed E-state index contributed by atoms with van der Waals surface area (Å²) in [7, 11) is 0. The monoisotopic (exact) mass is 345 g/mol. The van der Waals surface area contributed by atoms with Crippen LogP contribution in [0.2, 0.25) is 0 Å². The second-order valence-electron chi connectivity index (χ2n) is 6.01. The van der Waals surface area contributed by atoms with Gasteiger partial charge in [-0.15, -0.1) is 0 Å². The van der Waals surface area contributed by atoms with E-state index in [4.69, 9.17) is 4.74 Å². The number of rotatable bonds is 6. The first-order valence-electron chi connectivity index (χ1n) is 7.83. The maximum absolute atomic E-state index is 12.0. The van der Waals surface area contributed by atoms with Crippen molar-refractivity contribution < 1.29 is 29.3 Å². The number of ether oxygens (including phenoxy) is 1. The van der Waals surface area contributed by atoms with Crippen LogP contribution in [-0.2, 0) is 14.4 Å². The SMILES string of the molecule is C[C@H](O)[C@@H]1C(=O)N2C(C(=O)[O-])=C(NC(=O)COc3ccccc3)C[C@H]12. The number of hydrogen-bond acceptors (Lipinski definition) is 6. The fourth-order valence-electron chi connectivity index (χ4n) is 3.24. The lowest BCUT2D eigenvalue weighted by Crippen LogP contribution is -2.62. The minimum atomic E-state index is -1.54. The van der Waals surface area contributed by atoms with Crippen LogP contribution in [0.15, 0.2) is 41.7 Å². The summed E-state index contributed by atoms with van der Waals surface area (Å²) in [4.78, 5) is 36.5. The normalized spacial score (nSPS) is 23.0. The molecule has 0 saturated carbocycles. The maximum Gasteiger partial charge on any atom is 0.262 e. The predicted molar refractivity (Wildman–Crippen MR) is 82.5 cm³/mol.